The van der Waals surface area contributed by atoms with Gasteiger partial charge in [-0.1, -0.05) is 49.4 Å². The Morgan fingerprint density at radius 2 is 1.66 bits per heavy atom. The average Bonchev–Trinajstić information content (AvgIpc) is 0.954. The lowest BCUT2D eigenvalue weighted by atomic mass is 9.39. The van der Waals surface area contributed by atoms with Gasteiger partial charge in [-0.3, -0.25) is 14.9 Å². The summed E-state index contributed by atoms with van der Waals surface area (Å²) in [5.74, 6) is -2.43. The van der Waals surface area contributed by atoms with Gasteiger partial charge in [-0.2, -0.15) is 5.10 Å². The number of nitrogens with two attached hydrogens (primary N) is 1. The van der Waals surface area contributed by atoms with Gasteiger partial charge in [0.1, 0.15) is 43.0 Å². The molecule has 6 aromatic rings. The van der Waals surface area contributed by atoms with Crippen LogP contribution in [-0.4, -0.2) is 164 Å². The Labute approximate surface area is 494 Å². The number of urea groups is 1. The van der Waals surface area contributed by atoms with Gasteiger partial charge in [0.15, 0.2) is 16.9 Å². The number of amides is 3. The van der Waals surface area contributed by atoms with E-state index in [-0.39, 0.29) is 72.4 Å². The lowest BCUT2D eigenvalue weighted by Crippen LogP contribution is -2.64. The van der Waals surface area contributed by atoms with Gasteiger partial charge < -0.3 is 64.6 Å². The third-order valence-electron chi connectivity index (χ3n) is 17.2. The first-order valence-corrected chi connectivity index (χ1v) is 29.5. The number of ether oxygens (including phenoxy) is 6. The Bertz CT molecular complexity index is 3450. The fourth-order valence-corrected chi connectivity index (χ4v) is 15.5. The molecule has 8 N–H and O–H groups in total. The van der Waals surface area contributed by atoms with Crippen LogP contribution in [0, 0.1) is 23.2 Å². The van der Waals surface area contributed by atoms with Gasteiger partial charge in [0.05, 0.1) is 47.5 Å². The van der Waals surface area contributed by atoms with E-state index in [0.717, 1.165) is 78.5 Å². The summed E-state index contributed by atoms with van der Waals surface area (Å²) >= 11 is 1.41. The number of nitrogens with one attached hydrogen (secondary N) is 1. The minimum Gasteiger partial charge on any atom is -0.491 e. The number of hydrogen-bond donors (Lipinski definition) is 7. The molecule has 3 aromatic heterocycles. The number of rotatable bonds is 21. The molecule has 85 heavy (non-hydrogen) atoms. The predicted molar refractivity (Wildman–Crippen MR) is 311 cm³/mol. The number of anilines is 2. The van der Waals surface area contributed by atoms with Gasteiger partial charge >= 0.3 is 24.1 Å². The topological polar surface area (TPSA) is 313 Å². The number of aliphatic hydroxyl groups is 3. The van der Waals surface area contributed by atoms with E-state index in [4.69, 9.17) is 44.2 Å². The standard InChI is InChI=1S/C61H72N8O15S/c1-35-41(40-15-16-42(64-47(40)52(73)74)37-12-11-36-8-7-18-68(44(36)24-37)56(77)66-55-65-43-9-5-6-10-46(43)85-55)26-63-69(35)34-60-29-58(2)28-59(3,30-60)32-61(31-58,33-60)82-21-19-67(4)57(78)81-27-38-13-14-39(25-45(38)80-23-22-79-20-17-62)83-54-50(72)48(70)49(71)51(84-54)53(75)76/h5-6,9-16,24-26,48-51,54,70-72H,7-8,17-23,27-34,62H2,1-4H3,(H,73,74)(H,75,76)(H,65,66,77)/t48-,49-,50+,51-,54+,58?,59?,60?,61?/m0/s1. The van der Waals surface area contributed by atoms with Gasteiger partial charge in [0.2, 0.25) is 6.29 Å². The summed E-state index contributed by atoms with van der Waals surface area (Å²) in [6.07, 6.45) is -0.766. The number of carboxylic acid groups (broad SMARTS) is 2. The highest BCUT2D eigenvalue weighted by Crippen LogP contribution is 2.72. The van der Waals surface area contributed by atoms with Gasteiger partial charge in [-0.25, -0.2) is 29.1 Å². The summed E-state index contributed by atoms with van der Waals surface area (Å²) in [6, 6.07) is 21.4. The summed E-state index contributed by atoms with van der Waals surface area (Å²) in [6.45, 7) is 8.98. The van der Waals surface area contributed by atoms with E-state index >= 15 is 0 Å². The second kappa shape index (κ2) is 23.9. The molecule has 6 aliphatic rings. The number of carbonyl (C=O) groups excluding carboxylic acids is 2. The normalized spacial score (nSPS) is 26.7. The number of thiazole rings is 1. The van der Waals surface area contributed by atoms with Gasteiger partial charge in [-0.05, 0) is 123 Å². The molecule has 3 aromatic carbocycles. The molecule has 1 saturated heterocycles. The number of benzene rings is 3. The molecule has 5 fully saturated rings. The van der Waals surface area contributed by atoms with Crippen molar-refractivity contribution in [1.82, 2.24) is 24.6 Å². The number of hydrogen-bond acceptors (Lipinski definition) is 18. The third-order valence-corrected chi connectivity index (χ3v) is 18.2. The van der Waals surface area contributed by atoms with E-state index in [9.17, 15) is 44.7 Å². The van der Waals surface area contributed by atoms with E-state index < -0.39 is 54.3 Å². The molecule has 7 atom stereocenters. The fourth-order valence-electron chi connectivity index (χ4n) is 14.6. The first-order valence-electron chi connectivity index (χ1n) is 28.6. The largest absolute Gasteiger partial charge is 0.491 e. The molecular weight excluding hydrogens is 1120 g/mol. The maximum atomic E-state index is 13.8. The van der Waals surface area contributed by atoms with Crippen LogP contribution in [0.2, 0.25) is 0 Å². The van der Waals surface area contributed by atoms with E-state index in [1.165, 1.54) is 28.4 Å². The van der Waals surface area contributed by atoms with E-state index in [0.29, 0.717) is 59.3 Å². The molecule has 4 bridgehead atoms. The Morgan fingerprint density at radius 1 is 0.871 bits per heavy atom. The van der Waals surface area contributed by atoms with Crippen LogP contribution in [0.5, 0.6) is 11.5 Å². The highest BCUT2D eigenvalue weighted by atomic mass is 32.1. The minimum absolute atomic E-state index is 0.00679. The molecule has 2 aliphatic heterocycles. The molecule has 24 heteroatoms. The van der Waals surface area contributed by atoms with Gasteiger partial charge in [0.25, 0.3) is 0 Å². The number of para-hydroxylation sites is 1. The third kappa shape index (κ3) is 12.4. The molecule has 4 aliphatic carbocycles. The first kappa shape index (κ1) is 59.4. The van der Waals surface area contributed by atoms with Crippen molar-refractivity contribution >= 4 is 56.4 Å². The Morgan fingerprint density at radius 3 is 2.41 bits per heavy atom. The van der Waals surface area contributed by atoms with E-state index in [2.05, 4.69) is 24.1 Å². The molecule has 0 spiro atoms. The monoisotopic (exact) mass is 1190 g/mol. The quantitative estimate of drug-likeness (QED) is 0.0349. The van der Waals surface area contributed by atoms with Crippen molar-refractivity contribution in [3.63, 3.8) is 0 Å². The fraction of sp³-hybridized carbons (Fsp3) is 0.492. The molecule has 23 nitrogen and oxygen atoms in total. The van der Waals surface area contributed by atoms with Crippen LogP contribution < -0.4 is 25.4 Å². The molecule has 12 rings (SSSR count). The van der Waals surface area contributed by atoms with Gasteiger partial charge in [0, 0.05) is 72.9 Å². The second-order valence-corrected chi connectivity index (χ2v) is 25.3. The van der Waals surface area contributed by atoms with Crippen molar-refractivity contribution < 1.29 is 73.1 Å². The first-order chi connectivity index (χ1) is 40.6. The van der Waals surface area contributed by atoms with Crippen LogP contribution >= 0.6 is 11.3 Å². The average molecular weight is 1190 g/mol. The van der Waals surface area contributed by atoms with Crippen molar-refractivity contribution in [3.05, 3.63) is 102 Å². The van der Waals surface area contributed by atoms with E-state index in [1.54, 1.807) is 30.3 Å². The van der Waals surface area contributed by atoms with Crippen molar-refractivity contribution in [3.8, 4) is 33.9 Å². The summed E-state index contributed by atoms with van der Waals surface area (Å²) in [5, 5.41) is 59.6. The van der Waals surface area contributed by atoms with Crippen LogP contribution in [0.25, 0.3) is 32.6 Å². The molecular formula is C61H72N8O15S. The molecule has 4 saturated carbocycles. The lowest BCUT2D eigenvalue weighted by Gasteiger charge is -2.69. The number of aromatic nitrogens is 4. The Balaban J connectivity index is 0.739. The maximum absolute atomic E-state index is 13.8. The number of aromatic carboxylic acids is 1. The van der Waals surface area contributed by atoms with Crippen LogP contribution in [0.3, 0.4) is 0 Å². The van der Waals surface area contributed by atoms with E-state index in [1.807, 2.05) is 60.1 Å². The highest BCUT2D eigenvalue weighted by Gasteiger charge is 2.66. The SMILES string of the molecule is Cc1c(-c2ccc(-c3ccc4c(c3)N(C(=O)Nc3nc5ccccc5s3)CCC4)nc2C(=O)O)cnn1CC12CC3(C)CC(C)(C1)CC(OCCN(C)C(=O)OCc1ccc(O[C@@H]4O[C@H](C(=O)O)[C@@H](O)[C@H](O)[C@H]4O)cc1OCCOCCN)(C3)C2. The maximum Gasteiger partial charge on any atom is 0.409 e. The number of nitrogens with zero attached hydrogens (tertiary/aromatic N) is 6. The number of aliphatic hydroxyl groups excluding tert-OH is 3. The highest BCUT2D eigenvalue weighted by molar-refractivity contribution is 7.22. The van der Waals surface area contributed by atoms with Gasteiger partial charge in [-0.15, -0.1) is 0 Å². The molecule has 452 valence electrons. The lowest BCUT2D eigenvalue weighted by molar-refractivity contribution is -0.271. The summed E-state index contributed by atoms with van der Waals surface area (Å²) in [4.78, 5) is 64.6. The summed E-state index contributed by atoms with van der Waals surface area (Å²) < 4.78 is 38.2. The second-order valence-electron chi connectivity index (χ2n) is 24.3. The molecule has 0 radical (unpaired) electrons. The Kier molecular flexibility index (Phi) is 16.7. The summed E-state index contributed by atoms with van der Waals surface area (Å²) in [5.41, 5.74) is 10.9. The predicted octanol–water partition coefficient (Wildman–Crippen LogP) is 7.24. The van der Waals surface area contributed by atoms with Crippen molar-refractivity contribution in [2.24, 2.45) is 22.0 Å². The van der Waals surface area contributed by atoms with Crippen LogP contribution in [0.15, 0.2) is 79.0 Å². The van der Waals surface area contributed by atoms with Crippen LogP contribution in [0.1, 0.15) is 86.1 Å². The van der Waals surface area contributed by atoms with Crippen LogP contribution in [0.4, 0.5) is 20.4 Å². The number of aliphatic carboxylic acids is 1. The number of fused-ring (bicyclic) bond motifs is 2. The smallest absolute Gasteiger partial charge is 0.409 e. The zero-order valence-corrected chi connectivity index (χ0v) is 48.7. The number of carboxylic acids is 2. The number of carbonyl (C=O) groups is 4. The summed E-state index contributed by atoms with van der Waals surface area (Å²) in [7, 11) is 1.64. The number of pyridine rings is 1. The molecule has 3 amide bonds. The molecule has 5 heterocycles. The number of aryl methyl sites for hydroxylation is 1. The van der Waals surface area contributed by atoms with Crippen molar-refractivity contribution in [2.75, 3.05) is 63.3 Å². The molecule has 2 unspecified atom stereocenters. The van der Waals surface area contributed by atoms with Crippen molar-refractivity contribution in [2.45, 2.75) is 122 Å². The number of likely N-dealkylation sites (N-methyl/N-ethyl adjacent to an activating group) is 1. The van der Waals surface area contributed by atoms with Crippen LogP contribution in [-0.2, 0) is 43.3 Å². The minimum atomic E-state index is -1.89. The Hall–Kier alpha value is -7.29. The zero-order valence-electron chi connectivity index (χ0n) is 47.9. The van der Waals surface area contributed by atoms with Crippen molar-refractivity contribution in [1.29, 1.82) is 0 Å². The zero-order chi connectivity index (χ0) is 60.0.